The molecule has 1 saturated carbocycles. The number of anilines is 2. The van der Waals surface area contributed by atoms with Crippen molar-refractivity contribution < 1.29 is 9.53 Å². The highest BCUT2D eigenvalue weighted by Gasteiger charge is 2.30. The number of likely N-dealkylation sites (N-methyl/N-ethyl adjacent to an activating group) is 1. The number of piperazine rings is 1. The monoisotopic (exact) mass is 565 g/mol. The first-order chi connectivity index (χ1) is 20.4. The minimum Gasteiger partial charge on any atom is -0.383 e. The fraction of sp³-hybridized carbons (Fsp3) is 0.364. The molecule has 2 aromatic heterocycles. The molecule has 0 bridgehead atoms. The predicted octanol–water partition coefficient (Wildman–Crippen LogP) is 4.35. The third kappa shape index (κ3) is 6.32. The van der Waals surface area contributed by atoms with Gasteiger partial charge in [0.05, 0.1) is 30.5 Å². The minimum absolute atomic E-state index is 0.0496. The topological polar surface area (TPSA) is 102 Å². The fourth-order valence-corrected chi connectivity index (χ4v) is 5.85. The van der Waals surface area contributed by atoms with E-state index in [9.17, 15) is 4.79 Å². The van der Waals surface area contributed by atoms with Crippen molar-refractivity contribution in [3.05, 3.63) is 84.3 Å². The molecule has 2 fully saturated rings. The summed E-state index contributed by atoms with van der Waals surface area (Å²) in [5, 5.41) is 7.36. The zero-order valence-electron chi connectivity index (χ0n) is 24.4. The summed E-state index contributed by atoms with van der Waals surface area (Å²) in [5.74, 6) is -0.0149. The Morgan fingerprint density at radius 3 is 2.33 bits per heavy atom. The van der Waals surface area contributed by atoms with Gasteiger partial charge in [-0.2, -0.15) is 5.10 Å². The molecule has 42 heavy (non-hydrogen) atoms. The molecule has 0 spiro atoms. The van der Waals surface area contributed by atoms with Gasteiger partial charge in [-0.05, 0) is 61.2 Å². The van der Waals surface area contributed by atoms with E-state index >= 15 is 0 Å². The van der Waals surface area contributed by atoms with Crippen LogP contribution in [0.4, 0.5) is 11.5 Å². The van der Waals surface area contributed by atoms with Crippen LogP contribution in [0, 0.1) is 0 Å². The molecule has 0 unspecified atom stereocenters. The molecule has 3 heterocycles. The van der Waals surface area contributed by atoms with Crippen LogP contribution in [0.1, 0.15) is 35.2 Å². The number of rotatable bonds is 8. The van der Waals surface area contributed by atoms with Gasteiger partial charge in [0.25, 0.3) is 5.91 Å². The maximum absolute atomic E-state index is 13.2. The molecule has 2 atom stereocenters. The molecule has 2 aromatic carbocycles. The van der Waals surface area contributed by atoms with E-state index in [1.807, 2.05) is 13.2 Å². The number of hydrogen-bond acceptors (Lipinski definition) is 7. The van der Waals surface area contributed by atoms with Gasteiger partial charge in [-0.15, -0.1) is 0 Å². The lowest BCUT2D eigenvalue weighted by Gasteiger charge is -2.34. The van der Waals surface area contributed by atoms with Crippen molar-refractivity contribution in [2.45, 2.75) is 38.0 Å². The lowest BCUT2D eigenvalue weighted by molar-refractivity contribution is 0.0272. The molecule has 9 heteroatoms. The Hall–Kier alpha value is -4.21. The number of nitrogens with zero attached hydrogens (tertiary/aromatic N) is 5. The standard InChI is InChI=1S/C33H39N7O2/c1-38-14-16-40(17-15-38)28-12-10-25(11-13-28)24-8-6-23(7-9-24)22-42-31-5-3-4-30(31)37-33(41)29-18-26(19-35-32(29)34)27-20-36-39(2)21-27/h6-13,18-21,30-31H,3-5,14-17,22H2,1-2H3,(H2,34,35)(H,37,41)/t30-,31-/m0/s1. The van der Waals surface area contributed by atoms with Gasteiger partial charge < -0.3 is 25.6 Å². The molecule has 1 aliphatic heterocycles. The Labute approximate surface area is 247 Å². The second-order valence-corrected chi connectivity index (χ2v) is 11.5. The Morgan fingerprint density at radius 2 is 1.64 bits per heavy atom. The van der Waals surface area contributed by atoms with E-state index in [1.165, 1.54) is 16.8 Å². The van der Waals surface area contributed by atoms with E-state index in [1.54, 1.807) is 23.1 Å². The van der Waals surface area contributed by atoms with Gasteiger partial charge in [-0.25, -0.2) is 4.98 Å². The van der Waals surface area contributed by atoms with Gasteiger partial charge in [0.2, 0.25) is 0 Å². The number of carbonyl (C=O) groups excluding carboxylic acids is 1. The van der Waals surface area contributed by atoms with Crippen molar-refractivity contribution >= 4 is 17.4 Å². The van der Waals surface area contributed by atoms with Crippen LogP contribution in [0.2, 0.25) is 0 Å². The SMILES string of the molecule is CN1CCN(c2ccc(-c3ccc(CO[C@H]4CCC[C@@H]4NC(=O)c4cc(-c5cnn(C)c5)cnc4N)cc3)cc2)CC1. The second kappa shape index (κ2) is 12.3. The van der Waals surface area contributed by atoms with E-state index in [0.29, 0.717) is 12.2 Å². The number of nitrogens with one attached hydrogen (secondary N) is 1. The molecule has 3 N–H and O–H groups in total. The Balaban J connectivity index is 1.04. The third-order valence-electron chi connectivity index (χ3n) is 8.46. The highest BCUT2D eigenvalue weighted by Crippen LogP contribution is 2.27. The molecule has 0 radical (unpaired) electrons. The van der Waals surface area contributed by atoms with E-state index in [0.717, 1.165) is 62.1 Å². The second-order valence-electron chi connectivity index (χ2n) is 11.5. The average Bonchev–Trinajstić information content (AvgIpc) is 3.65. The normalized spacial score (nSPS) is 19.2. The summed E-state index contributed by atoms with van der Waals surface area (Å²) >= 11 is 0. The first kappa shape index (κ1) is 27.9. The summed E-state index contributed by atoms with van der Waals surface area (Å²) in [4.78, 5) is 22.3. The van der Waals surface area contributed by atoms with Crippen molar-refractivity contribution in [3.63, 3.8) is 0 Å². The van der Waals surface area contributed by atoms with Gasteiger partial charge in [0.1, 0.15) is 5.82 Å². The number of aromatic nitrogens is 3. The third-order valence-corrected chi connectivity index (χ3v) is 8.46. The molecule has 218 valence electrons. The first-order valence-electron chi connectivity index (χ1n) is 14.7. The van der Waals surface area contributed by atoms with Crippen molar-refractivity contribution in [1.82, 2.24) is 25.0 Å². The Kier molecular flexibility index (Phi) is 8.21. The van der Waals surface area contributed by atoms with Crippen molar-refractivity contribution in [3.8, 4) is 22.3 Å². The molecule has 4 aromatic rings. The summed E-state index contributed by atoms with van der Waals surface area (Å²) in [6, 6.07) is 19.1. The number of carbonyl (C=O) groups is 1. The quantitative estimate of drug-likeness (QED) is 0.328. The number of amides is 1. The van der Waals surface area contributed by atoms with Crippen LogP contribution in [0.3, 0.4) is 0 Å². The number of pyridine rings is 1. The molecular formula is C33H39N7O2. The van der Waals surface area contributed by atoms with Crippen LogP contribution in [-0.2, 0) is 18.4 Å². The highest BCUT2D eigenvalue weighted by molar-refractivity contribution is 5.99. The summed E-state index contributed by atoms with van der Waals surface area (Å²) in [7, 11) is 4.03. The van der Waals surface area contributed by atoms with E-state index in [2.05, 4.69) is 80.8 Å². The zero-order chi connectivity index (χ0) is 29.1. The number of benzene rings is 2. The smallest absolute Gasteiger partial charge is 0.255 e. The summed E-state index contributed by atoms with van der Waals surface area (Å²) < 4.78 is 8.03. The highest BCUT2D eigenvalue weighted by atomic mass is 16.5. The van der Waals surface area contributed by atoms with Crippen molar-refractivity contribution in [2.24, 2.45) is 7.05 Å². The summed E-state index contributed by atoms with van der Waals surface area (Å²) in [5.41, 5.74) is 12.9. The molecular weight excluding hydrogens is 526 g/mol. The number of hydrogen-bond donors (Lipinski definition) is 2. The zero-order valence-corrected chi connectivity index (χ0v) is 24.4. The number of nitrogens with two attached hydrogens (primary N) is 1. The number of nitrogen functional groups attached to an aromatic ring is 1. The summed E-state index contributed by atoms with van der Waals surface area (Å²) in [6.45, 7) is 4.85. The average molecular weight is 566 g/mol. The first-order valence-corrected chi connectivity index (χ1v) is 14.7. The predicted molar refractivity (Wildman–Crippen MR) is 166 cm³/mol. The molecule has 1 aliphatic carbocycles. The van der Waals surface area contributed by atoms with Crippen LogP contribution in [-0.4, -0.2) is 70.9 Å². The van der Waals surface area contributed by atoms with Gasteiger partial charge in [0.15, 0.2) is 0 Å². The van der Waals surface area contributed by atoms with Gasteiger partial charge in [-0.1, -0.05) is 36.4 Å². The molecule has 2 aliphatic rings. The van der Waals surface area contributed by atoms with Crippen LogP contribution in [0.15, 0.2) is 73.2 Å². The van der Waals surface area contributed by atoms with E-state index in [4.69, 9.17) is 10.5 Å². The van der Waals surface area contributed by atoms with E-state index in [-0.39, 0.29) is 23.9 Å². The maximum Gasteiger partial charge on any atom is 0.255 e. The molecule has 6 rings (SSSR count). The largest absolute Gasteiger partial charge is 0.383 e. The van der Waals surface area contributed by atoms with Crippen LogP contribution < -0.4 is 16.0 Å². The maximum atomic E-state index is 13.2. The molecule has 1 saturated heterocycles. The lowest BCUT2D eigenvalue weighted by atomic mass is 10.0. The fourth-order valence-electron chi connectivity index (χ4n) is 5.85. The van der Waals surface area contributed by atoms with Crippen molar-refractivity contribution in [2.75, 3.05) is 43.9 Å². The van der Waals surface area contributed by atoms with Crippen molar-refractivity contribution in [1.29, 1.82) is 0 Å². The van der Waals surface area contributed by atoms with Crippen LogP contribution in [0.25, 0.3) is 22.3 Å². The minimum atomic E-state index is -0.228. The Bertz CT molecular complexity index is 1510. The Morgan fingerprint density at radius 1 is 0.929 bits per heavy atom. The lowest BCUT2D eigenvalue weighted by Crippen LogP contribution is -2.44. The molecule has 9 nitrogen and oxygen atoms in total. The van der Waals surface area contributed by atoms with E-state index < -0.39 is 0 Å². The summed E-state index contributed by atoms with van der Waals surface area (Å²) in [6.07, 6.45) is 8.02. The molecule has 1 amide bonds. The van der Waals surface area contributed by atoms with Crippen LogP contribution >= 0.6 is 0 Å². The van der Waals surface area contributed by atoms with Gasteiger partial charge in [0, 0.05) is 62.4 Å². The number of ether oxygens (including phenoxy) is 1. The van der Waals surface area contributed by atoms with Crippen LogP contribution in [0.5, 0.6) is 0 Å². The van der Waals surface area contributed by atoms with Gasteiger partial charge >= 0.3 is 0 Å². The number of aryl methyl sites for hydroxylation is 1. The van der Waals surface area contributed by atoms with Gasteiger partial charge in [-0.3, -0.25) is 9.48 Å².